The van der Waals surface area contributed by atoms with E-state index >= 15 is 0 Å². The summed E-state index contributed by atoms with van der Waals surface area (Å²) in [6, 6.07) is 1.28. The van der Waals surface area contributed by atoms with Crippen LogP contribution in [0.3, 0.4) is 0 Å². The third-order valence-corrected chi connectivity index (χ3v) is 2.24. The standard InChI is InChI=1S/C10H7F3N2O/c1-5-7(10(11,12)13)9(16)15-6-3-2-4-14-8(5)6/h2-4H,1H3,(H,15,16)/i2D. The molecule has 2 aromatic rings. The van der Waals surface area contributed by atoms with Gasteiger partial charge in [0.2, 0.25) is 0 Å². The third-order valence-electron chi connectivity index (χ3n) is 2.24. The quantitative estimate of drug-likeness (QED) is 0.753. The van der Waals surface area contributed by atoms with E-state index in [0.29, 0.717) is 0 Å². The van der Waals surface area contributed by atoms with E-state index in [-0.39, 0.29) is 22.6 Å². The van der Waals surface area contributed by atoms with E-state index in [0.717, 1.165) is 6.20 Å². The molecule has 0 aliphatic heterocycles. The van der Waals surface area contributed by atoms with Crippen molar-refractivity contribution in [2.75, 3.05) is 0 Å². The molecule has 84 valence electrons. The van der Waals surface area contributed by atoms with E-state index in [1.54, 1.807) is 0 Å². The molecule has 2 heterocycles. The predicted molar refractivity (Wildman–Crippen MR) is 52.1 cm³/mol. The Morgan fingerprint density at radius 2 is 2.19 bits per heavy atom. The zero-order chi connectivity index (χ0) is 12.8. The monoisotopic (exact) mass is 229 g/mol. The van der Waals surface area contributed by atoms with Gasteiger partial charge in [0.15, 0.2) is 0 Å². The molecule has 6 heteroatoms. The average molecular weight is 229 g/mol. The third kappa shape index (κ3) is 1.56. The van der Waals surface area contributed by atoms with E-state index in [4.69, 9.17) is 1.37 Å². The average Bonchev–Trinajstić information content (AvgIpc) is 2.13. The Hall–Kier alpha value is -1.85. The van der Waals surface area contributed by atoms with Crippen LogP contribution in [0.25, 0.3) is 11.0 Å². The highest BCUT2D eigenvalue weighted by molar-refractivity contribution is 5.78. The molecule has 16 heavy (non-hydrogen) atoms. The number of hydrogen-bond acceptors (Lipinski definition) is 2. The van der Waals surface area contributed by atoms with Crippen LogP contribution in [0.15, 0.2) is 23.1 Å². The number of pyridine rings is 2. The van der Waals surface area contributed by atoms with Crippen molar-refractivity contribution in [3.05, 3.63) is 39.8 Å². The van der Waals surface area contributed by atoms with Crippen molar-refractivity contribution in [3.8, 4) is 0 Å². The highest BCUT2D eigenvalue weighted by Gasteiger charge is 2.36. The molecular formula is C10H7F3N2O. The molecule has 0 fully saturated rings. The summed E-state index contributed by atoms with van der Waals surface area (Å²) < 4.78 is 45.2. The first-order valence-electron chi connectivity index (χ1n) is 4.87. The summed E-state index contributed by atoms with van der Waals surface area (Å²) in [5.41, 5.74) is -2.50. The summed E-state index contributed by atoms with van der Waals surface area (Å²) in [7, 11) is 0. The fourth-order valence-corrected chi connectivity index (χ4v) is 1.57. The molecule has 2 aromatic heterocycles. The second kappa shape index (κ2) is 3.33. The van der Waals surface area contributed by atoms with Gasteiger partial charge < -0.3 is 4.98 Å². The van der Waals surface area contributed by atoms with Crippen LogP contribution in [0, 0.1) is 6.92 Å². The van der Waals surface area contributed by atoms with Crippen molar-refractivity contribution in [2.24, 2.45) is 0 Å². The molecule has 3 nitrogen and oxygen atoms in total. The van der Waals surface area contributed by atoms with Crippen molar-refractivity contribution in [3.63, 3.8) is 0 Å². The number of aryl methyl sites for hydroxylation is 1. The SMILES string of the molecule is [2H]c1cnc2c(C)c(C(F)(F)F)c(=O)[nH]c2c1. The van der Waals surface area contributed by atoms with Gasteiger partial charge in [0, 0.05) is 6.20 Å². The predicted octanol–water partition coefficient (Wildman–Crippen LogP) is 2.25. The number of H-pyrrole nitrogens is 1. The Bertz CT molecular complexity index is 648. The Morgan fingerprint density at radius 3 is 2.81 bits per heavy atom. The Morgan fingerprint density at radius 1 is 1.50 bits per heavy atom. The van der Waals surface area contributed by atoms with Crippen molar-refractivity contribution < 1.29 is 14.5 Å². The minimum absolute atomic E-state index is 0.0207. The summed E-state index contributed by atoms with van der Waals surface area (Å²) in [5.74, 6) is 0. The molecule has 0 spiro atoms. The lowest BCUT2D eigenvalue weighted by Crippen LogP contribution is -2.23. The number of nitrogens with one attached hydrogen (secondary N) is 1. The zero-order valence-corrected chi connectivity index (χ0v) is 8.14. The fraction of sp³-hybridized carbons (Fsp3) is 0.200. The van der Waals surface area contributed by atoms with Gasteiger partial charge in [-0.1, -0.05) is 0 Å². The van der Waals surface area contributed by atoms with Gasteiger partial charge in [-0.15, -0.1) is 0 Å². The lowest BCUT2D eigenvalue weighted by atomic mass is 10.1. The van der Waals surface area contributed by atoms with E-state index in [1.165, 1.54) is 13.0 Å². The maximum atomic E-state index is 12.6. The summed E-state index contributed by atoms with van der Waals surface area (Å²) in [5, 5.41) is 0. The number of hydrogen-bond donors (Lipinski definition) is 1. The minimum Gasteiger partial charge on any atom is -0.320 e. The van der Waals surface area contributed by atoms with Crippen molar-refractivity contribution in [1.82, 2.24) is 9.97 Å². The molecule has 0 bridgehead atoms. The topological polar surface area (TPSA) is 45.8 Å². The molecule has 0 aliphatic carbocycles. The first kappa shape index (κ1) is 9.38. The van der Waals surface area contributed by atoms with Crippen molar-refractivity contribution in [2.45, 2.75) is 13.1 Å². The van der Waals surface area contributed by atoms with Crippen LogP contribution >= 0.6 is 0 Å². The van der Waals surface area contributed by atoms with Crippen LogP contribution < -0.4 is 5.56 Å². The van der Waals surface area contributed by atoms with Crippen LogP contribution in [0.1, 0.15) is 12.5 Å². The Balaban J connectivity index is 2.91. The minimum atomic E-state index is -4.72. The maximum Gasteiger partial charge on any atom is 0.422 e. The molecular weight excluding hydrogens is 221 g/mol. The van der Waals surface area contributed by atoms with Gasteiger partial charge in [-0.3, -0.25) is 9.78 Å². The fourth-order valence-electron chi connectivity index (χ4n) is 1.57. The molecule has 0 saturated heterocycles. The molecule has 0 aromatic carbocycles. The number of aromatic amines is 1. The highest BCUT2D eigenvalue weighted by Crippen LogP contribution is 2.30. The van der Waals surface area contributed by atoms with Gasteiger partial charge >= 0.3 is 6.18 Å². The van der Waals surface area contributed by atoms with Gasteiger partial charge in [0.05, 0.1) is 12.4 Å². The normalized spacial score (nSPS) is 12.9. The van der Waals surface area contributed by atoms with Gasteiger partial charge in [0.25, 0.3) is 5.56 Å². The molecule has 0 saturated carbocycles. The van der Waals surface area contributed by atoms with E-state index < -0.39 is 17.3 Å². The molecule has 0 unspecified atom stereocenters. The summed E-state index contributed by atoms with van der Waals surface area (Å²) >= 11 is 0. The lowest BCUT2D eigenvalue weighted by Gasteiger charge is -2.10. The smallest absolute Gasteiger partial charge is 0.320 e. The molecule has 0 atom stereocenters. The largest absolute Gasteiger partial charge is 0.422 e. The molecule has 0 radical (unpaired) electrons. The first-order chi connectivity index (χ1) is 7.80. The van der Waals surface area contributed by atoms with E-state index in [2.05, 4.69) is 9.97 Å². The van der Waals surface area contributed by atoms with Crippen LogP contribution in [-0.2, 0) is 6.18 Å². The van der Waals surface area contributed by atoms with Gasteiger partial charge in [-0.05, 0) is 24.6 Å². The Kier molecular flexibility index (Phi) is 1.95. The van der Waals surface area contributed by atoms with Crippen molar-refractivity contribution in [1.29, 1.82) is 0 Å². The van der Waals surface area contributed by atoms with Crippen LogP contribution in [0.5, 0.6) is 0 Å². The molecule has 0 aliphatic rings. The van der Waals surface area contributed by atoms with E-state index in [9.17, 15) is 18.0 Å². The molecule has 2 rings (SSSR count). The van der Waals surface area contributed by atoms with Gasteiger partial charge in [0.1, 0.15) is 5.56 Å². The number of fused-ring (bicyclic) bond motifs is 1. The Labute approximate surface area is 89.3 Å². The first-order valence-corrected chi connectivity index (χ1v) is 4.37. The number of rotatable bonds is 0. The van der Waals surface area contributed by atoms with Crippen molar-refractivity contribution >= 4 is 11.0 Å². The molecule has 0 amide bonds. The highest BCUT2D eigenvalue weighted by atomic mass is 19.4. The van der Waals surface area contributed by atoms with Gasteiger partial charge in [-0.2, -0.15) is 13.2 Å². The number of alkyl halides is 3. The number of halogens is 3. The van der Waals surface area contributed by atoms with Crippen LogP contribution in [-0.4, -0.2) is 9.97 Å². The molecule has 1 N–H and O–H groups in total. The zero-order valence-electron chi connectivity index (χ0n) is 9.14. The van der Waals surface area contributed by atoms with Crippen LogP contribution in [0.2, 0.25) is 0 Å². The summed E-state index contributed by atoms with van der Waals surface area (Å²) in [6.07, 6.45) is -3.58. The lowest BCUT2D eigenvalue weighted by molar-refractivity contribution is -0.139. The van der Waals surface area contributed by atoms with E-state index in [1.807, 2.05) is 0 Å². The van der Waals surface area contributed by atoms with Gasteiger partial charge in [-0.25, -0.2) is 0 Å². The summed E-state index contributed by atoms with van der Waals surface area (Å²) in [4.78, 5) is 17.2. The second-order valence-corrected chi connectivity index (χ2v) is 3.28. The maximum absolute atomic E-state index is 12.6. The second-order valence-electron chi connectivity index (χ2n) is 3.28. The number of nitrogens with zero attached hydrogens (tertiary/aromatic N) is 1. The number of aromatic nitrogens is 2. The van der Waals surface area contributed by atoms with Crippen LogP contribution in [0.4, 0.5) is 13.2 Å². The summed E-state index contributed by atoms with van der Waals surface area (Å²) in [6.45, 7) is 1.19.